The average Bonchev–Trinajstić information content (AvgIpc) is 2.52. The number of hydrogen-bond acceptors (Lipinski definition) is 4. The minimum Gasteiger partial charge on any atom is -0.444 e. The molecular weight excluding hydrogens is 292 g/mol. The van der Waals surface area contributed by atoms with Gasteiger partial charge < -0.3 is 14.4 Å². The largest absolute Gasteiger partial charge is 0.444 e. The highest BCUT2D eigenvalue weighted by atomic mass is 16.6. The summed E-state index contributed by atoms with van der Waals surface area (Å²) in [6.07, 6.45) is 3.48. The van der Waals surface area contributed by atoms with Crippen LogP contribution in [0.25, 0.3) is 0 Å². The number of carbonyl (C=O) groups is 1. The van der Waals surface area contributed by atoms with Crippen LogP contribution >= 0.6 is 0 Å². The van der Waals surface area contributed by atoms with Crippen LogP contribution in [0.4, 0.5) is 4.79 Å². The molecule has 1 aliphatic heterocycles. The molecule has 1 aliphatic rings. The number of pyridine rings is 1. The molecule has 2 heterocycles. The lowest BCUT2D eigenvalue weighted by Gasteiger charge is -2.33. The standard InChI is InChI=1S/C18H28N2O3/c1-14(16-7-5-6-10-19-16)22-13-15-8-11-20(12-9-15)17(21)23-18(2,3)4/h5-7,10,14-15H,8-9,11-13H2,1-4H3/t14-/m0/s1. The van der Waals surface area contributed by atoms with Gasteiger partial charge in [0.05, 0.1) is 18.4 Å². The summed E-state index contributed by atoms with van der Waals surface area (Å²) in [7, 11) is 0. The molecule has 23 heavy (non-hydrogen) atoms. The summed E-state index contributed by atoms with van der Waals surface area (Å²) in [5.41, 5.74) is 0.522. The molecule has 0 radical (unpaired) electrons. The number of carbonyl (C=O) groups excluding carboxylic acids is 1. The Morgan fingerprint density at radius 3 is 2.61 bits per heavy atom. The number of ether oxygens (including phenoxy) is 2. The van der Waals surface area contributed by atoms with Crippen molar-refractivity contribution in [3.63, 3.8) is 0 Å². The summed E-state index contributed by atoms with van der Waals surface area (Å²) in [5.74, 6) is 0.486. The highest BCUT2D eigenvalue weighted by Crippen LogP contribution is 2.22. The van der Waals surface area contributed by atoms with Crippen LogP contribution < -0.4 is 0 Å². The molecule has 0 aromatic carbocycles. The second kappa shape index (κ2) is 7.77. The highest BCUT2D eigenvalue weighted by molar-refractivity contribution is 5.68. The highest BCUT2D eigenvalue weighted by Gasteiger charge is 2.27. The average molecular weight is 320 g/mol. The molecular formula is C18H28N2O3. The maximum absolute atomic E-state index is 12.0. The fraction of sp³-hybridized carbons (Fsp3) is 0.667. The van der Waals surface area contributed by atoms with E-state index in [0.29, 0.717) is 12.5 Å². The molecule has 128 valence electrons. The second-order valence-electron chi connectivity index (χ2n) is 7.14. The summed E-state index contributed by atoms with van der Waals surface area (Å²) in [5, 5.41) is 0. The van der Waals surface area contributed by atoms with Crippen LogP contribution in [0, 0.1) is 5.92 Å². The molecule has 1 fully saturated rings. The van der Waals surface area contributed by atoms with E-state index in [-0.39, 0.29) is 12.2 Å². The first-order valence-corrected chi connectivity index (χ1v) is 8.35. The third-order valence-electron chi connectivity index (χ3n) is 3.95. The zero-order chi connectivity index (χ0) is 16.9. The predicted octanol–water partition coefficient (Wildman–Crippen LogP) is 3.81. The summed E-state index contributed by atoms with van der Waals surface area (Å²) < 4.78 is 11.4. The topological polar surface area (TPSA) is 51.7 Å². The Morgan fingerprint density at radius 2 is 2.04 bits per heavy atom. The molecule has 1 saturated heterocycles. The van der Waals surface area contributed by atoms with E-state index in [1.54, 1.807) is 11.1 Å². The molecule has 2 rings (SSSR count). The molecule has 0 aliphatic carbocycles. The number of rotatable bonds is 4. The van der Waals surface area contributed by atoms with E-state index >= 15 is 0 Å². The van der Waals surface area contributed by atoms with Crippen LogP contribution in [0.2, 0.25) is 0 Å². The minimum absolute atomic E-state index is 0.0000791. The first-order valence-electron chi connectivity index (χ1n) is 8.35. The van der Waals surface area contributed by atoms with Crippen molar-refractivity contribution in [2.24, 2.45) is 5.92 Å². The Balaban J connectivity index is 1.72. The van der Waals surface area contributed by atoms with E-state index in [4.69, 9.17) is 9.47 Å². The van der Waals surface area contributed by atoms with Gasteiger partial charge in [0.2, 0.25) is 0 Å². The lowest BCUT2D eigenvalue weighted by molar-refractivity contribution is 0.000600. The number of piperidine rings is 1. The lowest BCUT2D eigenvalue weighted by Crippen LogP contribution is -2.42. The smallest absolute Gasteiger partial charge is 0.410 e. The van der Waals surface area contributed by atoms with Crippen molar-refractivity contribution in [3.8, 4) is 0 Å². The first kappa shape index (κ1) is 17.7. The van der Waals surface area contributed by atoms with Crippen LogP contribution in [-0.4, -0.2) is 41.3 Å². The summed E-state index contributed by atoms with van der Waals surface area (Å²) in [6, 6.07) is 5.86. The summed E-state index contributed by atoms with van der Waals surface area (Å²) in [6.45, 7) is 9.89. The van der Waals surface area contributed by atoms with E-state index < -0.39 is 5.60 Å². The van der Waals surface area contributed by atoms with Gasteiger partial charge in [-0.15, -0.1) is 0 Å². The molecule has 1 aromatic rings. The van der Waals surface area contributed by atoms with Gasteiger partial charge in [-0.25, -0.2) is 4.79 Å². The van der Waals surface area contributed by atoms with Crippen LogP contribution in [0.5, 0.6) is 0 Å². The molecule has 5 nitrogen and oxygen atoms in total. The number of aromatic nitrogens is 1. The van der Waals surface area contributed by atoms with Gasteiger partial charge in [-0.1, -0.05) is 6.07 Å². The third-order valence-corrected chi connectivity index (χ3v) is 3.95. The lowest BCUT2D eigenvalue weighted by atomic mass is 9.98. The van der Waals surface area contributed by atoms with Gasteiger partial charge in [0.25, 0.3) is 0 Å². The Kier molecular flexibility index (Phi) is 5.99. The van der Waals surface area contributed by atoms with Crippen molar-refractivity contribution in [3.05, 3.63) is 30.1 Å². The van der Waals surface area contributed by atoms with E-state index in [9.17, 15) is 4.79 Å². The van der Waals surface area contributed by atoms with Crippen LogP contribution in [0.3, 0.4) is 0 Å². The van der Waals surface area contributed by atoms with Crippen molar-refractivity contribution < 1.29 is 14.3 Å². The molecule has 1 amide bonds. The summed E-state index contributed by atoms with van der Waals surface area (Å²) >= 11 is 0. The first-order chi connectivity index (χ1) is 10.8. The SMILES string of the molecule is C[C@H](OCC1CCN(C(=O)OC(C)(C)C)CC1)c1ccccn1. The number of likely N-dealkylation sites (tertiary alicyclic amines) is 1. The van der Waals surface area contributed by atoms with Crippen molar-refractivity contribution in [1.82, 2.24) is 9.88 Å². The Hall–Kier alpha value is -1.62. The van der Waals surface area contributed by atoms with E-state index in [1.807, 2.05) is 45.9 Å². The Bertz CT molecular complexity index is 491. The van der Waals surface area contributed by atoms with Crippen LogP contribution in [0.15, 0.2) is 24.4 Å². The summed E-state index contributed by atoms with van der Waals surface area (Å²) in [4.78, 5) is 18.1. The zero-order valence-corrected chi connectivity index (χ0v) is 14.6. The molecule has 0 N–H and O–H groups in total. The zero-order valence-electron chi connectivity index (χ0n) is 14.6. The maximum Gasteiger partial charge on any atom is 0.410 e. The number of hydrogen-bond donors (Lipinski definition) is 0. The molecule has 0 spiro atoms. The number of amides is 1. The van der Waals surface area contributed by atoms with Crippen molar-refractivity contribution in [2.75, 3.05) is 19.7 Å². The maximum atomic E-state index is 12.0. The quantitative estimate of drug-likeness (QED) is 0.846. The molecule has 5 heteroatoms. The van der Waals surface area contributed by atoms with Gasteiger partial charge >= 0.3 is 6.09 Å². The second-order valence-corrected chi connectivity index (χ2v) is 7.14. The van der Waals surface area contributed by atoms with Gasteiger partial charge in [0, 0.05) is 19.3 Å². The van der Waals surface area contributed by atoms with Gasteiger partial charge in [-0.05, 0) is 58.6 Å². The molecule has 1 atom stereocenters. The Morgan fingerprint density at radius 1 is 1.35 bits per heavy atom. The van der Waals surface area contributed by atoms with E-state index in [2.05, 4.69) is 4.98 Å². The minimum atomic E-state index is -0.435. The Labute approximate surface area is 139 Å². The fourth-order valence-electron chi connectivity index (χ4n) is 2.59. The monoisotopic (exact) mass is 320 g/mol. The van der Waals surface area contributed by atoms with Gasteiger partial charge in [-0.3, -0.25) is 4.98 Å². The van der Waals surface area contributed by atoms with Gasteiger partial charge in [0.1, 0.15) is 5.60 Å². The fourth-order valence-corrected chi connectivity index (χ4v) is 2.59. The molecule has 0 saturated carbocycles. The molecule has 0 unspecified atom stereocenters. The van der Waals surface area contributed by atoms with Crippen molar-refractivity contribution in [1.29, 1.82) is 0 Å². The van der Waals surface area contributed by atoms with Crippen molar-refractivity contribution in [2.45, 2.75) is 52.2 Å². The normalized spacial score (nSPS) is 17.8. The number of nitrogens with zero attached hydrogens (tertiary/aromatic N) is 2. The van der Waals surface area contributed by atoms with E-state index in [1.165, 1.54) is 0 Å². The van der Waals surface area contributed by atoms with Crippen LogP contribution in [-0.2, 0) is 9.47 Å². The predicted molar refractivity (Wildman–Crippen MR) is 89.1 cm³/mol. The van der Waals surface area contributed by atoms with Gasteiger partial charge in [0.15, 0.2) is 0 Å². The van der Waals surface area contributed by atoms with Crippen LogP contribution in [0.1, 0.15) is 52.3 Å². The molecule has 1 aromatic heterocycles. The van der Waals surface area contributed by atoms with Gasteiger partial charge in [-0.2, -0.15) is 0 Å². The third kappa shape index (κ3) is 5.82. The molecule has 0 bridgehead atoms. The van der Waals surface area contributed by atoms with Crippen molar-refractivity contribution >= 4 is 6.09 Å². The van der Waals surface area contributed by atoms with E-state index in [0.717, 1.165) is 31.6 Å².